The van der Waals surface area contributed by atoms with Crippen molar-refractivity contribution in [1.29, 1.82) is 0 Å². The van der Waals surface area contributed by atoms with Crippen molar-refractivity contribution in [3.05, 3.63) is 29.8 Å². The van der Waals surface area contributed by atoms with Crippen LogP contribution in [0.2, 0.25) is 0 Å². The molecule has 0 aliphatic rings. The van der Waals surface area contributed by atoms with Gasteiger partial charge in [0.25, 0.3) is 0 Å². The number of carbonyl (C=O) groups excluding carboxylic acids is 1. The van der Waals surface area contributed by atoms with Crippen LogP contribution in [0.5, 0.6) is 0 Å². The number of carbonyl (C=O) groups is 1. The van der Waals surface area contributed by atoms with Crippen molar-refractivity contribution < 1.29 is 13.2 Å². The second-order valence-electron chi connectivity index (χ2n) is 5.26. The van der Waals surface area contributed by atoms with Crippen LogP contribution >= 0.6 is 0 Å². The highest BCUT2D eigenvalue weighted by Gasteiger charge is 2.23. The lowest BCUT2D eigenvalue weighted by atomic mass is 10.0. The van der Waals surface area contributed by atoms with E-state index in [4.69, 9.17) is 5.73 Å². The maximum atomic E-state index is 11.7. The summed E-state index contributed by atoms with van der Waals surface area (Å²) in [6, 6.07) is 6.20. The van der Waals surface area contributed by atoms with Crippen LogP contribution in [0.1, 0.15) is 32.4 Å². The fourth-order valence-corrected chi connectivity index (χ4v) is 2.10. The Kier molecular flexibility index (Phi) is 4.37. The van der Waals surface area contributed by atoms with Gasteiger partial charge in [-0.3, -0.25) is 4.79 Å². The smallest absolute Gasteiger partial charge is 0.239 e. The predicted octanol–water partition coefficient (Wildman–Crippen LogP) is 1.00. The topological polar surface area (TPSA) is 89.3 Å². The van der Waals surface area contributed by atoms with Crippen LogP contribution in [-0.2, 0) is 14.6 Å². The molecule has 1 aromatic carbocycles. The molecule has 1 rings (SSSR count). The summed E-state index contributed by atoms with van der Waals surface area (Å²) in [5.41, 5.74) is 5.58. The molecule has 0 bridgehead atoms. The van der Waals surface area contributed by atoms with Crippen molar-refractivity contribution >= 4 is 15.7 Å². The summed E-state index contributed by atoms with van der Waals surface area (Å²) in [4.78, 5) is 12.0. The summed E-state index contributed by atoms with van der Waals surface area (Å²) in [5, 5.41) is 2.78. The van der Waals surface area contributed by atoms with Gasteiger partial charge in [0.2, 0.25) is 5.91 Å². The number of hydrogen-bond acceptors (Lipinski definition) is 4. The summed E-state index contributed by atoms with van der Waals surface area (Å²) < 4.78 is 22.7. The zero-order chi connectivity index (χ0) is 14.8. The Hall–Kier alpha value is -1.40. The molecule has 106 valence electrons. The predicted molar refractivity (Wildman–Crippen MR) is 74.4 cm³/mol. The summed E-state index contributed by atoms with van der Waals surface area (Å²) >= 11 is 0. The van der Waals surface area contributed by atoms with Gasteiger partial charge in [-0.2, -0.15) is 0 Å². The molecule has 0 heterocycles. The minimum atomic E-state index is -3.20. The molecule has 1 unspecified atom stereocenters. The fraction of sp³-hybridized carbons (Fsp3) is 0.462. The van der Waals surface area contributed by atoms with Gasteiger partial charge in [-0.05, 0) is 38.5 Å². The molecule has 19 heavy (non-hydrogen) atoms. The van der Waals surface area contributed by atoms with Crippen molar-refractivity contribution in [1.82, 2.24) is 5.32 Å². The molecule has 5 nitrogen and oxygen atoms in total. The van der Waals surface area contributed by atoms with E-state index in [9.17, 15) is 13.2 Å². The Bertz CT molecular complexity index is 557. The number of nitrogens with one attached hydrogen (secondary N) is 1. The van der Waals surface area contributed by atoms with Crippen LogP contribution in [0.25, 0.3) is 0 Å². The molecule has 0 saturated heterocycles. The molecular weight excluding hydrogens is 264 g/mol. The van der Waals surface area contributed by atoms with Crippen molar-refractivity contribution in [3.8, 4) is 0 Å². The normalized spacial score (nSPS) is 13.9. The Morgan fingerprint density at radius 1 is 1.26 bits per heavy atom. The summed E-state index contributed by atoms with van der Waals surface area (Å²) in [7, 11) is -3.20. The standard InChI is InChI=1S/C13H20N2O3S/c1-9(15-12(16)13(2,3)14)10-5-7-11(8-6-10)19(4,17)18/h5-9H,14H2,1-4H3,(H,15,16). The number of rotatable bonds is 4. The van der Waals surface area contributed by atoms with Gasteiger partial charge in [0.15, 0.2) is 9.84 Å². The van der Waals surface area contributed by atoms with Crippen LogP contribution in [0.15, 0.2) is 29.2 Å². The Morgan fingerprint density at radius 3 is 2.11 bits per heavy atom. The lowest BCUT2D eigenvalue weighted by Gasteiger charge is -2.22. The molecule has 1 atom stereocenters. The molecule has 0 spiro atoms. The van der Waals surface area contributed by atoms with Gasteiger partial charge in [-0.1, -0.05) is 12.1 Å². The first kappa shape index (κ1) is 15.7. The van der Waals surface area contributed by atoms with Crippen molar-refractivity contribution in [2.45, 2.75) is 37.2 Å². The quantitative estimate of drug-likeness (QED) is 0.863. The van der Waals surface area contributed by atoms with E-state index in [1.54, 1.807) is 26.0 Å². The molecule has 0 aliphatic carbocycles. The van der Waals surface area contributed by atoms with Crippen LogP contribution in [0, 0.1) is 0 Å². The van der Waals surface area contributed by atoms with Gasteiger partial charge in [-0.15, -0.1) is 0 Å². The van der Waals surface area contributed by atoms with Gasteiger partial charge in [0.05, 0.1) is 16.5 Å². The maximum Gasteiger partial charge on any atom is 0.239 e. The molecule has 0 saturated carbocycles. The maximum absolute atomic E-state index is 11.7. The summed E-state index contributed by atoms with van der Waals surface area (Å²) in [6.07, 6.45) is 1.16. The second-order valence-corrected chi connectivity index (χ2v) is 7.27. The third-order valence-electron chi connectivity index (χ3n) is 2.74. The van der Waals surface area contributed by atoms with Crippen molar-refractivity contribution in [2.75, 3.05) is 6.26 Å². The van der Waals surface area contributed by atoms with Gasteiger partial charge in [0, 0.05) is 6.26 Å². The third kappa shape index (κ3) is 4.33. The first-order valence-corrected chi connectivity index (χ1v) is 7.81. The number of benzene rings is 1. The van der Waals surface area contributed by atoms with Crippen LogP contribution in [0.3, 0.4) is 0 Å². The molecule has 0 aromatic heterocycles. The molecular formula is C13H20N2O3S. The Morgan fingerprint density at radius 2 is 1.74 bits per heavy atom. The second kappa shape index (κ2) is 5.30. The minimum absolute atomic E-state index is 0.232. The van der Waals surface area contributed by atoms with E-state index >= 15 is 0 Å². The van der Waals surface area contributed by atoms with E-state index in [0.29, 0.717) is 0 Å². The summed E-state index contributed by atoms with van der Waals surface area (Å²) in [5.74, 6) is -0.257. The van der Waals surface area contributed by atoms with Crippen molar-refractivity contribution in [3.63, 3.8) is 0 Å². The SMILES string of the molecule is CC(NC(=O)C(C)(C)N)c1ccc(S(C)(=O)=O)cc1. The first-order chi connectivity index (χ1) is 8.51. The molecule has 6 heteroatoms. The third-order valence-corrected chi connectivity index (χ3v) is 3.87. The van der Waals surface area contributed by atoms with Gasteiger partial charge in [0.1, 0.15) is 0 Å². The summed E-state index contributed by atoms with van der Waals surface area (Å²) in [6.45, 7) is 5.07. The molecule has 3 N–H and O–H groups in total. The van der Waals surface area contributed by atoms with Gasteiger partial charge < -0.3 is 11.1 Å². The Balaban J connectivity index is 2.85. The minimum Gasteiger partial charge on any atom is -0.348 e. The average molecular weight is 284 g/mol. The number of hydrogen-bond donors (Lipinski definition) is 2. The highest BCUT2D eigenvalue weighted by Crippen LogP contribution is 2.16. The zero-order valence-electron chi connectivity index (χ0n) is 11.6. The molecule has 1 amide bonds. The fourth-order valence-electron chi connectivity index (χ4n) is 1.47. The monoisotopic (exact) mass is 284 g/mol. The number of nitrogens with two attached hydrogens (primary N) is 1. The number of amides is 1. The van der Waals surface area contributed by atoms with Crippen LogP contribution < -0.4 is 11.1 Å². The van der Waals surface area contributed by atoms with E-state index in [2.05, 4.69) is 5.32 Å². The lowest BCUT2D eigenvalue weighted by molar-refractivity contribution is -0.125. The van der Waals surface area contributed by atoms with Gasteiger partial charge >= 0.3 is 0 Å². The van der Waals surface area contributed by atoms with Crippen LogP contribution in [0.4, 0.5) is 0 Å². The molecule has 0 aliphatic heterocycles. The van der Waals surface area contributed by atoms with E-state index in [0.717, 1.165) is 11.8 Å². The largest absolute Gasteiger partial charge is 0.348 e. The average Bonchev–Trinajstić information content (AvgIpc) is 2.26. The highest BCUT2D eigenvalue weighted by atomic mass is 32.2. The van der Waals surface area contributed by atoms with E-state index in [-0.39, 0.29) is 16.8 Å². The van der Waals surface area contributed by atoms with E-state index < -0.39 is 15.4 Å². The zero-order valence-corrected chi connectivity index (χ0v) is 12.4. The highest BCUT2D eigenvalue weighted by molar-refractivity contribution is 7.90. The molecule has 0 radical (unpaired) electrons. The molecule has 0 fully saturated rings. The van der Waals surface area contributed by atoms with Gasteiger partial charge in [-0.25, -0.2) is 8.42 Å². The molecule has 1 aromatic rings. The Labute approximate surface area is 114 Å². The van der Waals surface area contributed by atoms with E-state index in [1.165, 1.54) is 12.1 Å². The van der Waals surface area contributed by atoms with Crippen molar-refractivity contribution in [2.24, 2.45) is 5.73 Å². The van der Waals surface area contributed by atoms with Crippen LogP contribution in [-0.4, -0.2) is 26.1 Å². The number of sulfone groups is 1. The first-order valence-electron chi connectivity index (χ1n) is 5.91. The lowest BCUT2D eigenvalue weighted by Crippen LogP contribution is -2.49. The van der Waals surface area contributed by atoms with E-state index in [1.807, 2.05) is 6.92 Å².